The average Bonchev–Trinajstić information content (AvgIpc) is 3.41. The summed E-state index contributed by atoms with van der Waals surface area (Å²) in [6, 6.07) is 14.9. The molecule has 4 aromatic rings. The van der Waals surface area contributed by atoms with Gasteiger partial charge in [-0.15, -0.1) is 0 Å². The van der Waals surface area contributed by atoms with Crippen LogP contribution in [-0.4, -0.2) is 35.7 Å². The van der Waals surface area contributed by atoms with Crippen LogP contribution in [0.4, 0.5) is 5.69 Å². The normalized spacial score (nSPS) is 12.6. The van der Waals surface area contributed by atoms with Gasteiger partial charge in [-0.1, -0.05) is 30.3 Å². The molecule has 0 bridgehead atoms. The molecule has 2 heterocycles. The molecule has 33 heavy (non-hydrogen) atoms. The van der Waals surface area contributed by atoms with Gasteiger partial charge in [0.15, 0.2) is 0 Å². The van der Waals surface area contributed by atoms with Gasteiger partial charge >= 0.3 is 0 Å². The van der Waals surface area contributed by atoms with Crippen molar-refractivity contribution in [1.82, 2.24) is 14.9 Å². The van der Waals surface area contributed by atoms with Gasteiger partial charge in [0.25, 0.3) is 5.91 Å². The van der Waals surface area contributed by atoms with E-state index in [1.807, 2.05) is 60.3 Å². The molecule has 2 aromatic heterocycles. The Morgan fingerprint density at radius 1 is 1.18 bits per heavy atom. The highest BCUT2D eigenvalue weighted by Gasteiger charge is 2.21. The monoisotopic (exact) mass is 482 g/mol. The van der Waals surface area contributed by atoms with Gasteiger partial charge < -0.3 is 9.88 Å². The quantitative estimate of drug-likeness (QED) is 0.389. The summed E-state index contributed by atoms with van der Waals surface area (Å²) in [5, 5.41) is 7.13. The summed E-state index contributed by atoms with van der Waals surface area (Å²) in [5.41, 5.74) is 3.95. The van der Waals surface area contributed by atoms with Crippen molar-refractivity contribution >= 4 is 44.0 Å². The third kappa shape index (κ3) is 5.09. The summed E-state index contributed by atoms with van der Waals surface area (Å²) in [7, 11) is -1.65. The second-order valence-corrected chi connectivity index (χ2v) is 10.8. The lowest BCUT2D eigenvalue weighted by molar-refractivity contribution is 0.0941. The predicted molar refractivity (Wildman–Crippen MR) is 134 cm³/mol. The Kier molecular flexibility index (Phi) is 6.53. The Morgan fingerprint density at radius 3 is 2.61 bits per heavy atom. The van der Waals surface area contributed by atoms with Crippen LogP contribution in [0.5, 0.6) is 0 Å². The van der Waals surface area contributed by atoms with Gasteiger partial charge in [0, 0.05) is 18.7 Å². The molecule has 0 fully saturated rings. The zero-order valence-electron chi connectivity index (χ0n) is 18.7. The number of benzene rings is 2. The maximum absolute atomic E-state index is 13.4. The number of aryl methyl sites for hydroxylation is 1. The van der Waals surface area contributed by atoms with Crippen molar-refractivity contribution in [1.29, 1.82) is 0 Å². The first-order valence-electron chi connectivity index (χ1n) is 10.7. The van der Waals surface area contributed by atoms with Crippen LogP contribution in [0.1, 0.15) is 29.8 Å². The molecule has 1 atom stereocenters. The topological polar surface area (TPSA) is 93.1 Å². The SMILES string of the molecule is CCS(=O)(=O)Nc1cc(C(=O)NC(C)Cc2ccsc2)c2c(c1)nc(-c1ccccc1)n2C. The highest BCUT2D eigenvalue weighted by Crippen LogP contribution is 2.29. The standard InChI is InChI=1S/C24H26N4O3S2/c1-4-33(30,31)27-19-13-20(24(29)25-16(2)12-17-10-11-32-15-17)22-21(14-19)26-23(28(22)3)18-8-6-5-7-9-18/h5-11,13-16,27H,4,12H2,1-3H3,(H,25,29). The van der Waals surface area contributed by atoms with E-state index in [1.165, 1.54) is 0 Å². The van der Waals surface area contributed by atoms with Crippen LogP contribution in [0.2, 0.25) is 0 Å². The van der Waals surface area contributed by atoms with Gasteiger partial charge in [-0.25, -0.2) is 13.4 Å². The number of aromatic nitrogens is 2. The predicted octanol–water partition coefficient (Wildman–Crippen LogP) is 4.42. The molecule has 0 aliphatic heterocycles. The molecule has 0 spiro atoms. The summed E-state index contributed by atoms with van der Waals surface area (Å²) < 4.78 is 28.8. The van der Waals surface area contributed by atoms with Crippen molar-refractivity contribution in [3.63, 3.8) is 0 Å². The first kappa shape index (κ1) is 23.0. The van der Waals surface area contributed by atoms with E-state index >= 15 is 0 Å². The summed E-state index contributed by atoms with van der Waals surface area (Å²) in [5.74, 6) is 0.353. The lowest BCUT2D eigenvalue weighted by Crippen LogP contribution is -2.34. The minimum Gasteiger partial charge on any atom is -0.349 e. The number of nitrogens with one attached hydrogen (secondary N) is 2. The van der Waals surface area contributed by atoms with Gasteiger partial charge in [0.05, 0.1) is 28.0 Å². The minimum atomic E-state index is -3.51. The van der Waals surface area contributed by atoms with Crippen LogP contribution in [0.25, 0.3) is 22.4 Å². The number of nitrogens with zero attached hydrogens (tertiary/aromatic N) is 2. The smallest absolute Gasteiger partial charge is 0.253 e. The van der Waals surface area contributed by atoms with Crippen LogP contribution in [-0.2, 0) is 23.5 Å². The van der Waals surface area contributed by atoms with Crippen molar-refractivity contribution in [3.8, 4) is 11.4 Å². The van der Waals surface area contributed by atoms with Crippen molar-refractivity contribution in [3.05, 3.63) is 70.4 Å². The molecule has 1 amide bonds. The summed E-state index contributed by atoms with van der Waals surface area (Å²) in [6.07, 6.45) is 0.710. The number of anilines is 1. The fraction of sp³-hybridized carbons (Fsp3) is 0.250. The van der Waals surface area contributed by atoms with Gasteiger partial charge in [-0.05, 0) is 54.8 Å². The molecule has 0 saturated carbocycles. The van der Waals surface area contributed by atoms with E-state index in [0.29, 0.717) is 34.5 Å². The second kappa shape index (κ2) is 9.36. The first-order valence-corrected chi connectivity index (χ1v) is 13.2. The highest BCUT2D eigenvalue weighted by molar-refractivity contribution is 7.92. The molecule has 0 radical (unpaired) electrons. The number of fused-ring (bicyclic) bond motifs is 1. The van der Waals surface area contributed by atoms with E-state index in [4.69, 9.17) is 4.98 Å². The van der Waals surface area contributed by atoms with E-state index in [1.54, 1.807) is 30.4 Å². The molecule has 2 N–H and O–H groups in total. The maximum atomic E-state index is 13.4. The Labute approximate surface area is 197 Å². The number of sulfonamides is 1. The highest BCUT2D eigenvalue weighted by atomic mass is 32.2. The van der Waals surface area contributed by atoms with E-state index in [2.05, 4.69) is 15.4 Å². The minimum absolute atomic E-state index is 0.0677. The number of rotatable bonds is 8. The number of carbonyl (C=O) groups is 1. The van der Waals surface area contributed by atoms with Crippen molar-refractivity contribution in [2.75, 3.05) is 10.5 Å². The van der Waals surface area contributed by atoms with E-state index in [-0.39, 0.29) is 17.7 Å². The Bertz CT molecular complexity index is 1380. The van der Waals surface area contributed by atoms with Gasteiger partial charge in [0.1, 0.15) is 5.82 Å². The summed E-state index contributed by atoms with van der Waals surface area (Å²) in [6.45, 7) is 3.52. The molecule has 4 rings (SSSR count). The number of hydrogen-bond donors (Lipinski definition) is 2. The van der Waals surface area contributed by atoms with Crippen molar-refractivity contribution in [2.45, 2.75) is 26.3 Å². The van der Waals surface area contributed by atoms with Gasteiger partial charge in [-0.3, -0.25) is 9.52 Å². The summed E-state index contributed by atoms with van der Waals surface area (Å²) in [4.78, 5) is 18.1. The van der Waals surface area contributed by atoms with Crippen LogP contribution in [0.3, 0.4) is 0 Å². The lowest BCUT2D eigenvalue weighted by atomic mass is 10.1. The first-order chi connectivity index (χ1) is 15.8. The van der Waals surface area contributed by atoms with Crippen LogP contribution in [0.15, 0.2) is 59.3 Å². The number of imidazole rings is 1. The third-order valence-electron chi connectivity index (χ3n) is 5.40. The molecule has 172 valence electrons. The lowest BCUT2D eigenvalue weighted by Gasteiger charge is -2.15. The molecule has 0 aliphatic carbocycles. The van der Waals surface area contributed by atoms with Crippen LogP contribution >= 0.6 is 11.3 Å². The van der Waals surface area contributed by atoms with Gasteiger partial charge in [0.2, 0.25) is 10.0 Å². The number of hydrogen-bond acceptors (Lipinski definition) is 5. The maximum Gasteiger partial charge on any atom is 0.253 e. The molecule has 9 heteroatoms. The molecule has 0 saturated heterocycles. The molecule has 2 aromatic carbocycles. The van der Waals surface area contributed by atoms with Gasteiger partial charge in [-0.2, -0.15) is 11.3 Å². The zero-order valence-corrected chi connectivity index (χ0v) is 20.3. The Hall–Kier alpha value is -3.17. The summed E-state index contributed by atoms with van der Waals surface area (Å²) >= 11 is 1.62. The van der Waals surface area contributed by atoms with Crippen LogP contribution < -0.4 is 10.0 Å². The van der Waals surface area contributed by atoms with Crippen molar-refractivity contribution < 1.29 is 13.2 Å². The fourth-order valence-corrected chi connectivity index (χ4v) is 5.10. The molecule has 1 unspecified atom stereocenters. The van der Waals surface area contributed by atoms with E-state index in [0.717, 1.165) is 11.1 Å². The third-order valence-corrected chi connectivity index (χ3v) is 7.44. The zero-order chi connectivity index (χ0) is 23.6. The van der Waals surface area contributed by atoms with Crippen LogP contribution in [0, 0.1) is 0 Å². The van der Waals surface area contributed by atoms with Crippen molar-refractivity contribution in [2.24, 2.45) is 7.05 Å². The number of amides is 1. The molecular formula is C24H26N4O3S2. The largest absolute Gasteiger partial charge is 0.349 e. The fourth-order valence-electron chi connectivity index (χ4n) is 3.80. The Balaban J connectivity index is 1.77. The Morgan fingerprint density at radius 2 is 1.94 bits per heavy atom. The molecule has 0 aliphatic rings. The van der Waals surface area contributed by atoms with E-state index < -0.39 is 10.0 Å². The molecular weight excluding hydrogens is 456 g/mol. The second-order valence-electron chi connectivity index (χ2n) is 7.97. The molecule has 7 nitrogen and oxygen atoms in total. The number of carbonyl (C=O) groups excluding carboxylic acids is 1. The van der Waals surface area contributed by atoms with E-state index in [9.17, 15) is 13.2 Å². The number of thiophene rings is 1. The average molecular weight is 483 g/mol.